The van der Waals surface area contributed by atoms with E-state index in [0.29, 0.717) is 19.5 Å². The molecule has 2 amide bonds. The summed E-state index contributed by atoms with van der Waals surface area (Å²) in [5.74, 6) is 0.199. The number of rotatable bonds is 6. The van der Waals surface area contributed by atoms with E-state index in [2.05, 4.69) is 26.6 Å². The molecule has 0 aliphatic carbocycles. The lowest BCUT2D eigenvalue weighted by atomic mass is 10.1. The molecule has 1 atom stereocenters. The Labute approximate surface area is 183 Å². The minimum atomic E-state index is 0. The van der Waals surface area contributed by atoms with Gasteiger partial charge in [-0.3, -0.25) is 19.5 Å². The molecule has 7 nitrogen and oxygen atoms in total. The highest BCUT2D eigenvalue weighted by molar-refractivity contribution is 5.95. The molecule has 2 N–H and O–H groups in total. The molecule has 1 aromatic carbocycles. The van der Waals surface area contributed by atoms with Crippen molar-refractivity contribution in [3.8, 4) is 0 Å². The summed E-state index contributed by atoms with van der Waals surface area (Å²) in [5.41, 5.74) is 3.08. The summed E-state index contributed by atoms with van der Waals surface area (Å²) < 4.78 is 0. The predicted octanol–water partition coefficient (Wildman–Crippen LogP) is 1.89. The summed E-state index contributed by atoms with van der Waals surface area (Å²) in [6.07, 6.45) is 5.18. The van der Waals surface area contributed by atoms with Gasteiger partial charge in [0.1, 0.15) is 0 Å². The fraction of sp³-hybridized carbons (Fsp3) is 0.409. The molecule has 160 valence electrons. The van der Waals surface area contributed by atoms with Gasteiger partial charge in [0.05, 0.1) is 6.54 Å². The molecule has 0 bridgehead atoms. The highest BCUT2D eigenvalue weighted by atomic mass is 35.5. The van der Waals surface area contributed by atoms with Crippen LogP contribution in [0.25, 0.3) is 0 Å². The number of amides is 2. The highest BCUT2D eigenvalue weighted by Crippen LogP contribution is 2.22. The summed E-state index contributed by atoms with van der Waals surface area (Å²) in [4.78, 5) is 32.6. The smallest absolute Gasteiger partial charge is 0.234 e. The molecule has 30 heavy (non-hydrogen) atoms. The van der Waals surface area contributed by atoms with Gasteiger partial charge in [-0.05, 0) is 35.7 Å². The fourth-order valence-corrected chi connectivity index (χ4v) is 3.99. The van der Waals surface area contributed by atoms with Gasteiger partial charge in [-0.1, -0.05) is 18.2 Å². The SMILES string of the molecule is Cl.O=C(CN1CCNCC1c1cccnc1)NCc1ccc(N2CCCC2=O)cc1. The third-order valence-corrected chi connectivity index (χ3v) is 5.58. The third-order valence-electron chi connectivity index (χ3n) is 5.58. The molecule has 3 heterocycles. The number of benzene rings is 1. The van der Waals surface area contributed by atoms with Crippen LogP contribution < -0.4 is 15.5 Å². The first-order chi connectivity index (χ1) is 14.2. The quantitative estimate of drug-likeness (QED) is 0.733. The highest BCUT2D eigenvalue weighted by Gasteiger charge is 2.25. The summed E-state index contributed by atoms with van der Waals surface area (Å²) in [7, 11) is 0. The number of piperazine rings is 1. The minimum absolute atomic E-state index is 0. The Bertz CT molecular complexity index is 846. The van der Waals surface area contributed by atoms with Crippen LogP contribution in [0.1, 0.15) is 30.0 Å². The van der Waals surface area contributed by atoms with Crippen LogP contribution in [-0.4, -0.2) is 54.4 Å². The molecule has 2 fully saturated rings. The van der Waals surface area contributed by atoms with E-state index in [9.17, 15) is 9.59 Å². The van der Waals surface area contributed by atoms with Gasteiger partial charge < -0.3 is 15.5 Å². The fourth-order valence-electron chi connectivity index (χ4n) is 3.99. The van der Waals surface area contributed by atoms with Gasteiger partial charge in [0.15, 0.2) is 0 Å². The number of carbonyl (C=O) groups excluding carboxylic acids is 2. The second kappa shape index (κ2) is 10.5. The van der Waals surface area contributed by atoms with Crippen LogP contribution in [0.15, 0.2) is 48.8 Å². The van der Waals surface area contributed by atoms with E-state index in [-0.39, 0.29) is 30.3 Å². The van der Waals surface area contributed by atoms with Gasteiger partial charge in [-0.15, -0.1) is 12.4 Å². The molecular formula is C22H28ClN5O2. The van der Waals surface area contributed by atoms with Crippen molar-refractivity contribution in [2.24, 2.45) is 0 Å². The van der Waals surface area contributed by atoms with Crippen LogP contribution in [0.5, 0.6) is 0 Å². The van der Waals surface area contributed by atoms with E-state index < -0.39 is 0 Å². The van der Waals surface area contributed by atoms with Crippen molar-refractivity contribution < 1.29 is 9.59 Å². The first-order valence-electron chi connectivity index (χ1n) is 10.2. The first kappa shape index (κ1) is 22.2. The number of halogens is 1. The van der Waals surface area contributed by atoms with Crippen LogP contribution in [0.4, 0.5) is 5.69 Å². The molecule has 0 spiro atoms. The summed E-state index contributed by atoms with van der Waals surface area (Å²) in [6, 6.07) is 12.0. The largest absolute Gasteiger partial charge is 0.351 e. The molecule has 2 aromatic rings. The lowest BCUT2D eigenvalue weighted by Crippen LogP contribution is -2.49. The zero-order valence-corrected chi connectivity index (χ0v) is 17.7. The summed E-state index contributed by atoms with van der Waals surface area (Å²) >= 11 is 0. The second-order valence-corrected chi connectivity index (χ2v) is 7.57. The van der Waals surface area contributed by atoms with E-state index in [4.69, 9.17) is 0 Å². The van der Waals surface area contributed by atoms with Crippen molar-refractivity contribution in [3.63, 3.8) is 0 Å². The Morgan fingerprint density at radius 2 is 2.03 bits per heavy atom. The van der Waals surface area contributed by atoms with Crippen LogP contribution in [-0.2, 0) is 16.1 Å². The monoisotopic (exact) mass is 429 g/mol. The maximum Gasteiger partial charge on any atom is 0.234 e. The maximum atomic E-state index is 12.5. The molecule has 2 aliphatic rings. The molecule has 1 unspecified atom stereocenters. The molecule has 2 aliphatic heterocycles. The number of nitrogens with one attached hydrogen (secondary N) is 2. The topological polar surface area (TPSA) is 77.6 Å². The van der Waals surface area contributed by atoms with Crippen molar-refractivity contribution in [1.82, 2.24) is 20.5 Å². The molecular weight excluding hydrogens is 402 g/mol. The van der Waals surface area contributed by atoms with Crippen molar-refractivity contribution in [2.45, 2.75) is 25.4 Å². The van der Waals surface area contributed by atoms with E-state index >= 15 is 0 Å². The zero-order chi connectivity index (χ0) is 20.1. The molecule has 2 saturated heterocycles. The molecule has 4 rings (SSSR count). The molecule has 0 radical (unpaired) electrons. The van der Waals surface area contributed by atoms with Crippen LogP contribution in [0, 0.1) is 0 Å². The number of anilines is 1. The Morgan fingerprint density at radius 3 is 2.73 bits per heavy atom. The zero-order valence-electron chi connectivity index (χ0n) is 16.9. The van der Waals surface area contributed by atoms with Crippen LogP contribution >= 0.6 is 12.4 Å². The Kier molecular flexibility index (Phi) is 7.79. The average molecular weight is 430 g/mol. The first-order valence-corrected chi connectivity index (χ1v) is 10.2. The Balaban J connectivity index is 0.00000256. The second-order valence-electron chi connectivity index (χ2n) is 7.57. The average Bonchev–Trinajstić information content (AvgIpc) is 3.19. The van der Waals surface area contributed by atoms with Crippen LogP contribution in [0.2, 0.25) is 0 Å². The molecule has 8 heteroatoms. The van der Waals surface area contributed by atoms with Crippen molar-refractivity contribution in [3.05, 3.63) is 59.9 Å². The summed E-state index contributed by atoms with van der Waals surface area (Å²) in [6.45, 7) is 4.15. The minimum Gasteiger partial charge on any atom is -0.351 e. The number of nitrogens with zero attached hydrogens (tertiary/aromatic N) is 3. The van der Waals surface area contributed by atoms with Crippen molar-refractivity contribution in [1.29, 1.82) is 0 Å². The Morgan fingerprint density at radius 1 is 1.20 bits per heavy atom. The number of hydrogen-bond acceptors (Lipinski definition) is 5. The lowest BCUT2D eigenvalue weighted by molar-refractivity contribution is -0.123. The number of aromatic nitrogens is 1. The third kappa shape index (κ3) is 5.36. The normalized spacial score (nSPS) is 19.4. The molecule has 0 saturated carbocycles. The van der Waals surface area contributed by atoms with Gasteiger partial charge in [0, 0.05) is 63.3 Å². The van der Waals surface area contributed by atoms with Gasteiger partial charge in [-0.2, -0.15) is 0 Å². The van der Waals surface area contributed by atoms with Crippen molar-refractivity contribution in [2.75, 3.05) is 37.6 Å². The van der Waals surface area contributed by atoms with E-state index in [1.807, 2.05) is 41.4 Å². The van der Waals surface area contributed by atoms with E-state index in [1.165, 1.54) is 0 Å². The standard InChI is InChI=1S/C22H27N5O2.ClH/c28-21(16-26-12-10-24-15-20(26)18-3-1-9-23-14-18)25-13-17-5-7-19(8-6-17)27-11-2-4-22(27)29;/h1,3,5-9,14,20,24H,2,4,10-13,15-16H2,(H,25,28);1H. The van der Waals surface area contributed by atoms with Gasteiger partial charge in [0.2, 0.25) is 11.8 Å². The van der Waals surface area contributed by atoms with Gasteiger partial charge in [-0.25, -0.2) is 0 Å². The predicted molar refractivity (Wildman–Crippen MR) is 119 cm³/mol. The summed E-state index contributed by atoms with van der Waals surface area (Å²) in [5, 5.41) is 6.42. The number of pyridine rings is 1. The number of hydrogen-bond donors (Lipinski definition) is 2. The van der Waals surface area contributed by atoms with Gasteiger partial charge in [0.25, 0.3) is 0 Å². The number of carbonyl (C=O) groups is 2. The van der Waals surface area contributed by atoms with Crippen molar-refractivity contribution >= 4 is 29.9 Å². The molecule has 1 aromatic heterocycles. The lowest BCUT2D eigenvalue weighted by Gasteiger charge is -2.35. The van der Waals surface area contributed by atoms with E-state index in [0.717, 1.165) is 49.4 Å². The maximum absolute atomic E-state index is 12.5. The van der Waals surface area contributed by atoms with E-state index in [1.54, 1.807) is 6.20 Å². The van der Waals surface area contributed by atoms with Crippen LogP contribution in [0.3, 0.4) is 0 Å². The van der Waals surface area contributed by atoms with Gasteiger partial charge >= 0.3 is 0 Å². The Hall–Kier alpha value is -2.48.